The van der Waals surface area contributed by atoms with Crippen LogP contribution in [0.2, 0.25) is 0 Å². The number of rotatable bonds is 2. The zero-order valence-electron chi connectivity index (χ0n) is 11.5. The van der Waals surface area contributed by atoms with Crippen LogP contribution in [0.4, 0.5) is 5.69 Å². The highest BCUT2D eigenvalue weighted by molar-refractivity contribution is 9.10. The maximum atomic E-state index is 12.7. The number of halogens is 1. The van der Waals surface area contributed by atoms with Crippen molar-refractivity contribution in [1.29, 1.82) is 0 Å². The van der Waals surface area contributed by atoms with Gasteiger partial charge in [-0.1, -0.05) is 22.0 Å². The van der Waals surface area contributed by atoms with Gasteiger partial charge in [-0.2, -0.15) is 0 Å². The predicted octanol–water partition coefficient (Wildman–Crippen LogP) is 3.36. The molecule has 0 aliphatic carbocycles. The number of hydrogen-bond donors (Lipinski definition) is 0. The molecule has 22 heavy (non-hydrogen) atoms. The van der Waals surface area contributed by atoms with E-state index in [1.165, 1.54) is 16.7 Å². The van der Waals surface area contributed by atoms with Crippen molar-refractivity contribution in [2.24, 2.45) is 0 Å². The molecule has 1 aromatic heterocycles. The van der Waals surface area contributed by atoms with Crippen LogP contribution in [0.3, 0.4) is 0 Å². The minimum absolute atomic E-state index is 0.0712. The van der Waals surface area contributed by atoms with E-state index in [2.05, 4.69) is 20.9 Å². The summed E-state index contributed by atoms with van der Waals surface area (Å²) in [6.07, 6.45) is 0. The van der Waals surface area contributed by atoms with Crippen LogP contribution in [-0.4, -0.2) is 14.5 Å². The summed E-state index contributed by atoms with van der Waals surface area (Å²) >= 11 is 3.33. The zero-order chi connectivity index (χ0) is 15.9. The molecule has 7 heteroatoms. The summed E-state index contributed by atoms with van der Waals surface area (Å²) in [7, 11) is 0. The summed E-state index contributed by atoms with van der Waals surface area (Å²) in [5.74, 6) is 0.473. The topological polar surface area (TPSA) is 78.0 Å². The highest BCUT2D eigenvalue weighted by atomic mass is 79.9. The van der Waals surface area contributed by atoms with Gasteiger partial charge in [0.2, 0.25) is 0 Å². The van der Waals surface area contributed by atoms with Crippen LogP contribution in [0.25, 0.3) is 16.6 Å². The summed E-state index contributed by atoms with van der Waals surface area (Å²) in [4.78, 5) is 27.5. The molecule has 0 spiro atoms. The zero-order valence-corrected chi connectivity index (χ0v) is 13.1. The molecule has 0 atom stereocenters. The maximum Gasteiger partial charge on any atom is 0.271 e. The van der Waals surface area contributed by atoms with E-state index in [1.807, 2.05) is 6.07 Å². The van der Waals surface area contributed by atoms with Crippen molar-refractivity contribution >= 4 is 32.5 Å². The second-order valence-corrected chi connectivity index (χ2v) is 5.65. The Morgan fingerprint density at radius 1 is 1.23 bits per heavy atom. The average molecular weight is 360 g/mol. The van der Waals surface area contributed by atoms with Gasteiger partial charge in [0.25, 0.3) is 11.2 Å². The van der Waals surface area contributed by atoms with Crippen molar-refractivity contribution in [2.45, 2.75) is 6.92 Å². The fourth-order valence-corrected chi connectivity index (χ4v) is 2.68. The molecule has 0 aliphatic rings. The normalized spacial score (nSPS) is 10.8. The number of fused-ring (bicyclic) bond motifs is 1. The van der Waals surface area contributed by atoms with Gasteiger partial charge in [-0.3, -0.25) is 19.5 Å². The number of hydrogen-bond acceptors (Lipinski definition) is 4. The van der Waals surface area contributed by atoms with Crippen LogP contribution >= 0.6 is 15.9 Å². The monoisotopic (exact) mass is 359 g/mol. The number of aryl methyl sites for hydroxylation is 1. The lowest BCUT2D eigenvalue weighted by molar-refractivity contribution is -0.384. The summed E-state index contributed by atoms with van der Waals surface area (Å²) in [5.41, 5.74) is 0.681. The summed E-state index contributed by atoms with van der Waals surface area (Å²) < 4.78 is 2.15. The third-order valence-electron chi connectivity index (χ3n) is 3.30. The number of aromatic nitrogens is 2. The van der Waals surface area contributed by atoms with Gasteiger partial charge >= 0.3 is 0 Å². The molecular weight excluding hydrogens is 350 g/mol. The Labute approximate surface area is 133 Å². The van der Waals surface area contributed by atoms with Gasteiger partial charge < -0.3 is 0 Å². The van der Waals surface area contributed by atoms with Gasteiger partial charge in [0.1, 0.15) is 5.82 Å². The van der Waals surface area contributed by atoms with Gasteiger partial charge in [0.15, 0.2) is 0 Å². The Morgan fingerprint density at radius 3 is 2.73 bits per heavy atom. The third kappa shape index (κ3) is 2.39. The van der Waals surface area contributed by atoms with Crippen LogP contribution in [0.1, 0.15) is 5.82 Å². The Balaban J connectivity index is 2.33. The van der Waals surface area contributed by atoms with Gasteiger partial charge in [-0.15, -0.1) is 0 Å². The van der Waals surface area contributed by atoms with Gasteiger partial charge in [-0.05, 0) is 31.2 Å². The van der Waals surface area contributed by atoms with Crippen molar-refractivity contribution in [3.8, 4) is 5.69 Å². The molecule has 3 aromatic rings. The molecule has 1 heterocycles. The SMILES string of the molecule is Cc1nc2ccc(Br)cc2c(=O)n1-c1cccc([N+](=O)[O-])c1. The van der Waals surface area contributed by atoms with Crippen molar-refractivity contribution < 1.29 is 4.92 Å². The first-order chi connectivity index (χ1) is 10.5. The minimum atomic E-state index is -0.491. The fourth-order valence-electron chi connectivity index (χ4n) is 2.32. The smallest absolute Gasteiger partial charge is 0.268 e. The lowest BCUT2D eigenvalue weighted by Gasteiger charge is -2.10. The number of nitrogens with zero attached hydrogens (tertiary/aromatic N) is 3. The molecule has 0 aliphatic heterocycles. The van der Waals surface area contributed by atoms with E-state index in [0.29, 0.717) is 22.4 Å². The van der Waals surface area contributed by atoms with Crippen LogP contribution in [0.5, 0.6) is 0 Å². The van der Waals surface area contributed by atoms with Crippen LogP contribution in [0, 0.1) is 17.0 Å². The Morgan fingerprint density at radius 2 is 2.00 bits per heavy atom. The molecule has 110 valence electrons. The third-order valence-corrected chi connectivity index (χ3v) is 3.79. The van der Waals surface area contributed by atoms with E-state index in [1.54, 1.807) is 31.2 Å². The molecule has 2 aromatic carbocycles. The second kappa shape index (κ2) is 5.34. The Hall–Kier alpha value is -2.54. The van der Waals surface area contributed by atoms with E-state index in [-0.39, 0.29) is 11.2 Å². The Bertz CT molecular complexity index is 966. The number of nitro benzene ring substituents is 1. The predicted molar refractivity (Wildman–Crippen MR) is 86.4 cm³/mol. The average Bonchev–Trinajstić information content (AvgIpc) is 2.48. The molecule has 0 saturated heterocycles. The summed E-state index contributed by atoms with van der Waals surface area (Å²) in [6, 6.07) is 11.2. The van der Waals surface area contributed by atoms with E-state index in [9.17, 15) is 14.9 Å². The molecule has 0 saturated carbocycles. The molecule has 0 bridgehead atoms. The molecule has 0 unspecified atom stereocenters. The van der Waals surface area contributed by atoms with E-state index in [4.69, 9.17) is 0 Å². The molecule has 6 nitrogen and oxygen atoms in total. The van der Waals surface area contributed by atoms with Crippen molar-refractivity contribution in [2.75, 3.05) is 0 Å². The molecule has 0 radical (unpaired) electrons. The van der Waals surface area contributed by atoms with Crippen LogP contribution in [-0.2, 0) is 0 Å². The first-order valence-corrected chi connectivity index (χ1v) is 7.20. The summed E-state index contributed by atoms with van der Waals surface area (Å²) in [6.45, 7) is 1.70. The van der Waals surface area contributed by atoms with Crippen LogP contribution < -0.4 is 5.56 Å². The molecule has 0 fully saturated rings. The Kier molecular flexibility index (Phi) is 3.50. The van der Waals surface area contributed by atoms with Gasteiger partial charge in [0, 0.05) is 16.6 Å². The highest BCUT2D eigenvalue weighted by Crippen LogP contribution is 2.19. The lowest BCUT2D eigenvalue weighted by Crippen LogP contribution is -2.22. The lowest BCUT2D eigenvalue weighted by atomic mass is 10.2. The number of nitro groups is 1. The molecule has 0 amide bonds. The van der Waals surface area contributed by atoms with Gasteiger partial charge in [-0.25, -0.2) is 4.98 Å². The standard InChI is InChI=1S/C15H10BrN3O3/c1-9-17-14-6-5-10(16)7-13(14)15(20)18(9)11-3-2-4-12(8-11)19(21)22/h2-8H,1H3. The van der Waals surface area contributed by atoms with Crippen molar-refractivity contribution in [3.63, 3.8) is 0 Å². The molecule has 0 N–H and O–H groups in total. The maximum absolute atomic E-state index is 12.7. The van der Waals surface area contributed by atoms with E-state index >= 15 is 0 Å². The molecular formula is C15H10BrN3O3. The minimum Gasteiger partial charge on any atom is -0.268 e. The largest absolute Gasteiger partial charge is 0.271 e. The highest BCUT2D eigenvalue weighted by Gasteiger charge is 2.13. The fraction of sp³-hybridized carbons (Fsp3) is 0.0667. The van der Waals surface area contributed by atoms with Crippen LogP contribution in [0.15, 0.2) is 51.7 Å². The van der Waals surface area contributed by atoms with Crippen molar-refractivity contribution in [3.05, 3.63) is 73.2 Å². The first kappa shape index (κ1) is 14.4. The second-order valence-electron chi connectivity index (χ2n) is 4.74. The van der Waals surface area contributed by atoms with Crippen molar-refractivity contribution in [1.82, 2.24) is 9.55 Å². The first-order valence-electron chi connectivity index (χ1n) is 6.41. The van der Waals surface area contributed by atoms with Gasteiger partial charge in [0.05, 0.1) is 21.5 Å². The summed E-state index contributed by atoms with van der Waals surface area (Å²) in [5, 5.41) is 11.4. The number of non-ortho nitro benzene ring substituents is 1. The number of benzene rings is 2. The van der Waals surface area contributed by atoms with E-state index < -0.39 is 4.92 Å². The van der Waals surface area contributed by atoms with E-state index in [0.717, 1.165) is 4.47 Å². The molecule has 3 rings (SSSR count). The quantitative estimate of drug-likeness (QED) is 0.519.